The van der Waals surface area contributed by atoms with Gasteiger partial charge in [-0.2, -0.15) is 5.26 Å². The maximum absolute atomic E-state index is 8.71. The number of nitriles is 1. The van der Waals surface area contributed by atoms with Crippen LogP contribution in [0.25, 0.3) is 0 Å². The van der Waals surface area contributed by atoms with Crippen molar-refractivity contribution in [3.8, 4) is 6.07 Å². The maximum Gasteiger partial charge on any atom is 0.100 e. The van der Waals surface area contributed by atoms with Gasteiger partial charge >= 0.3 is 0 Å². The van der Waals surface area contributed by atoms with Crippen molar-refractivity contribution in [2.24, 2.45) is 0 Å². The van der Waals surface area contributed by atoms with Gasteiger partial charge in [0.2, 0.25) is 0 Å². The summed E-state index contributed by atoms with van der Waals surface area (Å²) in [7, 11) is 0. The molecule has 0 fully saturated rings. The molecule has 0 saturated carbocycles. The Hall–Kier alpha value is -1.70. The zero-order valence-electron chi connectivity index (χ0n) is 9.60. The molecule has 2 rings (SSSR count). The zero-order valence-corrected chi connectivity index (χ0v) is 10.4. The molecule has 0 aliphatic rings. The highest BCUT2D eigenvalue weighted by molar-refractivity contribution is 7.10. The Kier molecular flexibility index (Phi) is 3.86. The van der Waals surface area contributed by atoms with E-state index in [1.54, 1.807) is 11.3 Å². The lowest BCUT2D eigenvalue weighted by Crippen LogP contribution is -2.11. The third-order valence-corrected chi connectivity index (χ3v) is 3.32. The van der Waals surface area contributed by atoms with Crippen molar-refractivity contribution in [1.29, 1.82) is 5.26 Å². The maximum atomic E-state index is 8.71. The Bertz CT molecular complexity index is 522. The van der Waals surface area contributed by atoms with Crippen molar-refractivity contribution < 1.29 is 0 Å². The quantitative estimate of drug-likeness (QED) is 0.898. The second kappa shape index (κ2) is 5.58. The van der Waals surface area contributed by atoms with Crippen LogP contribution >= 0.6 is 11.3 Å². The van der Waals surface area contributed by atoms with Crippen molar-refractivity contribution in [2.45, 2.75) is 20.0 Å². The van der Waals surface area contributed by atoms with Crippen LogP contribution in [0, 0.1) is 18.3 Å². The third kappa shape index (κ3) is 3.38. The molecule has 1 N–H and O–H groups in total. The molecule has 0 aromatic carbocycles. The summed E-state index contributed by atoms with van der Waals surface area (Å²) >= 11 is 1.61. The Morgan fingerprint density at radius 1 is 1.41 bits per heavy atom. The molecule has 0 radical (unpaired) electrons. The summed E-state index contributed by atoms with van der Waals surface area (Å²) in [6, 6.07) is 8.14. The van der Waals surface area contributed by atoms with Crippen LogP contribution in [0.4, 0.5) is 0 Å². The molecule has 0 amide bonds. The molecule has 17 heavy (non-hydrogen) atoms. The average molecular weight is 243 g/mol. The number of hydrogen-bond donors (Lipinski definition) is 1. The van der Waals surface area contributed by atoms with Gasteiger partial charge in [0.05, 0.1) is 5.56 Å². The van der Waals surface area contributed by atoms with Crippen molar-refractivity contribution in [1.82, 2.24) is 10.3 Å². The minimum Gasteiger partial charge on any atom is -0.308 e. The number of thiophene rings is 1. The monoisotopic (exact) mass is 243 g/mol. The number of aryl methyl sites for hydroxylation is 1. The second-order valence-electron chi connectivity index (χ2n) is 3.82. The standard InChI is InChI=1S/C13H13N3S/c1-10-2-3-11(7-16-10)6-15-8-13-4-12(5-14)9-17-13/h2-4,7,9,15H,6,8H2,1H3. The molecule has 0 atom stereocenters. The topological polar surface area (TPSA) is 48.7 Å². The van der Waals surface area contributed by atoms with Crippen LogP contribution in [0.3, 0.4) is 0 Å². The lowest BCUT2D eigenvalue weighted by Gasteiger charge is -2.03. The lowest BCUT2D eigenvalue weighted by atomic mass is 10.2. The SMILES string of the molecule is Cc1ccc(CNCc2cc(C#N)cs2)cn1. The van der Waals surface area contributed by atoms with Gasteiger partial charge in [-0.15, -0.1) is 11.3 Å². The molecule has 3 nitrogen and oxygen atoms in total. The van der Waals surface area contributed by atoms with Crippen molar-refractivity contribution in [3.63, 3.8) is 0 Å². The number of pyridine rings is 1. The summed E-state index contributed by atoms with van der Waals surface area (Å²) < 4.78 is 0. The predicted octanol–water partition coefficient (Wildman–Crippen LogP) is 2.61. The van der Waals surface area contributed by atoms with E-state index in [-0.39, 0.29) is 0 Å². The first-order valence-electron chi connectivity index (χ1n) is 5.37. The number of rotatable bonds is 4. The van der Waals surface area contributed by atoms with E-state index >= 15 is 0 Å². The number of aromatic nitrogens is 1. The fourth-order valence-electron chi connectivity index (χ4n) is 1.47. The van der Waals surface area contributed by atoms with E-state index in [1.807, 2.05) is 30.6 Å². The van der Waals surface area contributed by atoms with E-state index in [1.165, 1.54) is 10.4 Å². The number of nitrogens with one attached hydrogen (secondary N) is 1. The summed E-state index contributed by atoms with van der Waals surface area (Å²) in [4.78, 5) is 5.42. The Labute approximate surface area is 105 Å². The normalized spacial score (nSPS) is 10.1. The van der Waals surface area contributed by atoms with Gasteiger partial charge in [-0.25, -0.2) is 0 Å². The van der Waals surface area contributed by atoms with Crippen LogP contribution in [0.5, 0.6) is 0 Å². The van der Waals surface area contributed by atoms with E-state index in [2.05, 4.69) is 22.4 Å². The first kappa shape index (κ1) is 11.8. The van der Waals surface area contributed by atoms with Gasteiger partial charge in [0.1, 0.15) is 6.07 Å². The van der Waals surface area contributed by atoms with Crippen LogP contribution in [-0.4, -0.2) is 4.98 Å². The molecule has 0 aliphatic carbocycles. The molecule has 0 saturated heterocycles. The fourth-order valence-corrected chi connectivity index (χ4v) is 2.24. The first-order valence-corrected chi connectivity index (χ1v) is 6.25. The Balaban J connectivity index is 1.83. The molecule has 4 heteroatoms. The van der Waals surface area contributed by atoms with Crippen molar-refractivity contribution >= 4 is 11.3 Å². The molecule has 2 aromatic heterocycles. The highest BCUT2D eigenvalue weighted by Crippen LogP contribution is 2.13. The van der Waals surface area contributed by atoms with Gasteiger partial charge < -0.3 is 5.32 Å². The first-order chi connectivity index (χ1) is 8.28. The van der Waals surface area contributed by atoms with Crippen LogP contribution in [0.1, 0.15) is 21.7 Å². The lowest BCUT2D eigenvalue weighted by molar-refractivity contribution is 0.698. The molecule has 86 valence electrons. The number of hydrogen-bond acceptors (Lipinski definition) is 4. The van der Waals surface area contributed by atoms with Gasteiger partial charge in [0.25, 0.3) is 0 Å². The average Bonchev–Trinajstić information content (AvgIpc) is 2.80. The zero-order chi connectivity index (χ0) is 12.1. The van der Waals surface area contributed by atoms with Crippen LogP contribution < -0.4 is 5.32 Å². The van der Waals surface area contributed by atoms with E-state index in [0.717, 1.165) is 24.3 Å². The predicted molar refractivity (Wildman–Crippen MR) is 68.6 cm³/mol. The highest BCUT2D eigenvalue weighted by Gasteiger charge is 1.99. The fraction of sp³-hybridized carbons (Fsp3) is 0.231. The van der Waals surface area contributed by atoms with Crippen molar-refractivity contribution in [2.75, 3.05) is 0 Å². The van der Waals surface area contributed by atoms with Gasteiger partial charge in [-0.3, -0.25) is 4.98 Å². The van der Waals surface area contributed by atoms with Gasteiger partial charge in [0.15, 0.2) is 0 Å². The molecular weight excluding hydrogens is 230 g/mol. The molecule has 0 aliphatic heterocycles. The van der Waals surface area contributed by atoms with Gasteiger partial charge in [-0.05, 0) is 24.6 Å². The van der Waals surface area contributed by atoms with E-state index in [4.69, 9.17) is 5.26 Å². The molecular formula is C13H13N3S. The van der Waals surface area contributed by atoms with Crippen LogP contribution in [0.15, 0.2) is 29.8 Å². The summed E-state index contributed by atoms with van der Waals surface area (Å²) in [6.07, 6.45) is 1.89. The van der Waals surface area contributed by atoms with Gasteiger partial charge in [0, 0.05) is 35.2 Å². The Morgan fingerprint density at radius 2 is 2.29 bits per heavy atom. The summed E-state index contributed by atoms with van der Waals surface area (Å²) in [5, 5.41) is 13.9. The van der Waals surface area contributed by atoms with Crippen LogP contribution in [0.2, 0.25) is 0 Å². The Morgan fingerprint density at radius 3 is 2.94 bits per heavy atom. The largest absolute Gasteiger partial charge is 0.308 e. The molecule has 0 unspecified atom stereocenters. The van der Waals surface area contributed by atoms with Gasteiger partial charge in [-0.1, -0.05) is 6.07 Å². The molecule has 0 spiro atoms. The minimum absolute atomic E-state index is 0.740. The molecule has 2 heterocycles. The van der Waals surface area contributed by atoms with E-state index in [9.17, 15) is 0 Å². The van der Waals surface area contributed by atoms with Crippen LogP contribution in [-0.2, 0) is 13.1 Å². The summed E-state index contributed by atoms with van der Waals surface area (Å²) in [5.41, 5.74) is 2.95. The number of nitrogens with zero attached hydrogens (tertiary/aromatic N) is 2. The molecule has 0 bridgehead atoms. The second-order valence-corrected chi connectivity index (χ2v) is 4.82. The summed E-state index contributed by atoms with van der Waals surface area (Å²) in [6.45, 7) is 3.57. The smallest absolute Gasteiger partial charge is 0.100 e. The van der Waals surface area contributed by atoms with E-state index in [0.29, 0.717) is 0 Å². The third-order valence-electron chi connectivity index (χ3n) is 2.38. The highest BCUT2D eigenvalue weighted by atomic mass is 32.1. The van der Waals surface area contributed by atoms with Crippen molar-refractivity contribution in [3.05, 3.63) is 51.5 Å². The summed E-state index contributed by atoms with van der Waals surface area (Å²) in [5.74, 6) is 0. The molecule has 2 aromatic rings. The minimum atomic E-state index is 0.740. The van der Waals surface area contributed by atoms with E-state index < -0.39 is 0 Å².